The van der Waals surface area contributed by atoms with Crippen LogP contribution in [0.4, 0.5) is 10.1 Å². The van der Waals surface area contributed by atoms with E-state index in [0.717, 1.165) is 17.4 Å². The molecule has 2 rings (SSSR count). The number of benzene rings is 2. The van der Waals surface area contributed by atoms with Gasteiger partial charge in [-0.1, -0.05) is 23.8 Å². The Balaban J connectivity index is 2.06. The molecule has 2 aromatic carbocycles. The maximum Gasteiger partial charge on any atom is 0.258 e. The van der Waals surface area contributed by atoms with E-state index in [1.807, 2.05) is 0 Å². The van der Waals surface area contributed by atoms with Crippen molar-refractivity contribution >= 4 is 21.6 Å². The number of carbonyl (C=O) groups is 1. The number of rotatable bonds is 5. The summed E-state index contributed by atoms with van der Waals surface area (Å²) < 4.78 is 38.1. The van der Waals surface area contributed by atoms with E-state index in [4.69, 9.17) is 0 Å². The van der Waals surface area contributed by atoms with E-state index >= 15 is 0 Å². The predicted molar refractivity (Wildman–Crippen MR) is 87.2 cm³/mol. The van der Waals surface area contributed by atoms with Gasteiger partial charge in [-0.25, -0.2) is 17.5 Å². The molecule has 0 saturated heterocycles. The molecule has 0 spiro atoms. The lowest BCUT2D eigenvalue weighted by atomic mass is 10.1. The summed E-state index contributed by atoms with van der Waals surface area (Å²) in [5.74, 6) is -1.12. The Morgan fingerprint density at radius 1 is 1.13 bits per heavy atom. The Kier molecular flexibility index (Phi) is 5.12. The number of hydrogen-bond donors (Lipinski definition) is 2. The Bertz CT molecular complexity index is 818. The van der Waals surface area contributed by atoms with Crippen LogP contribution >= 0.6 is 0 Å². The molecular formula is C16H17FN2O3S. The number of nitrogens with one attached hydrogen (secondary N) is 2. The zero-order valence-corrected chi connectivity index (χ0v) is 13.6. The van der Waals surface area contributed by atoms with Gasteiger partial charge in [-0.2, -0.15) is 0 Å². The smallest absolute Gasteiger partial charge is 0.258 e. The summed E-state index contributed by atoms with van der Waals surface area (Å²) in [6, 6.07) is 10.9. The fraction of sp³-hybridized carbons (Fsp3) is 0.188. The van der Waals surface area contributed by atoms with Gasteiger partial charge in [0.2, 0.25) is 10.0 Å². The number of amides is 1. The summed E-state index contributed by atoms with van der Waals surface area (Å²) in [6.45, 7) is 1.94. The Morgan fingerprint density at radius 3 is 2.39 bits per heavy atom. The van der Waals surface area contributed by atoms with Crippen molar-refractivity contribution < 1.29 is 17.6 Å². The van der Waals surface area contributed by atoms with Gasteiger partial charge in [0.1, 0.15) is 5.82 Å². The van der Waals surface area contributed by atoms with Crippen molar-refractivity contribution in [1.82, 2.24) is 4.72 Å². The van der Waals surface area contributed by atoms with E-state index in [1.165, 1.54) is 12.1 Å². The topological polar surface area (TPSA) is 75.3 Å². The lowest BCUT2D eigenvalue weighted by Crippen LogP contribution is -2.21. The van der Waals surface area contributed by atoms with Crippen LogP contribution in [-0.4, -0.2) is 20.6 Å². The summed E-state index contributed by atoms with van der Waals surface area (Å²) in [5.41, 5.74) is 2.01. The average molecular weight is 336 g/mol. The van der Waals surface area contributed by atoms with Gasteiger partial charge in [0, 0.05) is 12.2 Å². The van der Waals surface area contributed by atoms with Gasteiger partial charge in [0.05, 0.1) is 11.8 Å². The molecule has 7 heteroatoms. The molecule has 0 aliphatic carbocycles. The molecule has 23 heavy (non-hydrogen) atoms. The summed E-state index contributed by atoms with van der Waals surface area (Å²) in [4.78, 5) is 12.1. The first-order valence-corrected chi connectivity index (χ1v) is 8.75. The van der Waals surface area contributed by atoms with Crippen molar-refractivity contribution in [1.29, 1.82) is 0 Å². The highest BCUT2D eigenvalue weighted by molar-refractivity contribution is 7.88. The Labute approximate surface area is 134 Å². The quantitative estimate of drug-likeness (QED) is 0.880. The van der Waals surface area contributed by atoms with Crippen LogP contribution in [-0.2, 0) is 16.6 Å². The number of halogens is 1. The van der Waals surface area contributed by atoms with Gasteiger partial charge in [-0.15, -0.1) is 0 Å². The van der Waals surface area contributed by atoms with Gasteiger partial charge >= 0.3 is 0 Å². The van der Waals surface area contributed by atoms with E-state index in [-0.39, 0.29) is 12.1 Å². The molecule has 0 atom stereocenters. The molecule has 0 aliphatic rings. The van der Waals surface area contributed by atoms with Crippen LogP contribution in [0.2, 0.25) is 0 Å². The molecule has 0 fully saturated rings. The van der Waals surface area contributed by atoms with Crippen molar-refractivity contribution in [2.75, 3.05) is 11.6 Å². The van der Waals surface area contributed by atoms with Gasteiger partial charge in [0.25, 0.3) is 5.91 Å². The van der Waals surface area contributed by atoms with Gasteiger partial charge in [-0.3, -0.25) is 4.79 Å². The molecule has 0 aliphatic heterocycles. The highest BCUT2D eigenvalue weighted by Crippen LogP contribution is 2.14. The lowest BCUT2D eigenvalue weighted by molar-refractivity contribution is 0.102. The Hall–Kier alpha value is -2.25. The largest absolute Gasteiger partial charge is 0.322 e. The number of hydrogen-bond acceptors (Lipinski definition) is 3. The molecule has 0 bridgehead atoms. The second-order valence-corrected chi connectivity index (χ2v) is 7.06. The first kappa shape index (κ1) is 17.1. The third kappa shape index (κ3) is 5.15. The highest BCUT2D eigenvalue weighted by Gasteiger charge is 2.12. The van der Waals surface area contributed by atoms with E-state index in [1.54, 1.807) is 37.3 Å². The van der Waals surface area contributed by atoms with Crippen LogP contribution in [0.25, 0.3) is 0 Å². The van der Waals surface area contributed by atoms with Crippen LogP contribution in [0, 0.1) is 12.7 Å². The number of carbonyl (C=O) groups excluding carboxylic acids is 1. The van der Waals surface area contributed by atoms with Crippen molar-refractivity contribution in [3.05, 3.63) is 65.0 Å². The zero-order valence-electron chi connectivity index (χ0n) is 12.8. The molecule has 2 aromatic rings. The fourth-order valence-electron chi connectivity index (χ4n) is 1.93. The molecule has 1 amide bonds. The van der Waals surface area contributed by atoms with Gasteiger partial charge in [0.15, 0.2) is 0 Å². The first-order valence-electron chi connectivity index (χ1n) is 6.86. The molecule has 5 nitrogen and oxygen atoms in total. The maximum atomic E-state index is 13.7. The molecule has 0 aromatic heterocycles. The SMILES string of the molecule is Cc1ccc(F)c(C(=O)Nc2ccc(CNS(C)(=O)=O)cc2)c1. The fourth-order valence-corrected chi connectivity index (χ4v) is 2.36. The van der Waals surface area contributed by atoms with E-state index in [9.17, 15) is 17.6 Å². The minimum absolute atomic E-state index is 0.0205. The van der Waals surface area contributed by atoms with Crippen LogP contribution in [0.5, 0.6) is 0 Å². The predicted octanol–water partition coefficient (Wildman–Crippen LogP) is 2.44. The van der Waals surface area contributed by atoms with Gasteiger partial charge in [-0.05, 0) is 36.8 Å². The molecule has 122 valence electrons. The zero-order chi connectivity index (χ0) is 17.0. The van der Waals surface area contributed by atoms with Crippen LogP contribution < -0.4 is 10.0 Å². The van der Waals surface area contributed by atoms with Gasteiger partial charge < -0.3 is 5.32 Å². The summed E-state index contributed by atoms with van der Waals surface area (Å²) in [6.07, 6.45) is 1.08. The summed E-state index contributed by atoms with van der Waals surface area (Å²) >= 11 is 0. The molecule has 0 saturated carbocycles. The maximum absolute atomic E-state index is 13.7. The highest BCUT2D eigenvalue weighted by atomic mass is 32.2. The number of sulfonamides is 1. The normalized spacial score (nSPS) is 11.3. The molecule has 0 radical (unpaired) electrons. The summed E-state index contributed by atoms with van der Waals surface area (Å²) in [5, 5.41) is 2.61. The molecule has 2 N–H and O–H groups in total. The van der Waals surface area contributed by atoms with Crippen LogP contribution in [0.15, 0.2) is 42.5 Å². The molecular weight excluding hydrogens is 319 g/mol. The number of aryl methyl sites for hydroxylation is 1. The average Bonchev–Trinajstić information content (AvgIpc) is 2.48. The monoisotopic (exact) mass is 336 g/mol. The van der Waals surface area contributed by atoms with Crippen LogP contribution in [0.1, 0.15) is 21.5 Å². The van der Waals surface area contributed by atoms with Crippen molar-refractivity contribution in [3.63, 3.8) is 0 Å². The van der Waals surface area contributed by atoms with E-state index < -0.39 is 21.7 Å². The minimum Gasteiger partial charge on any atom is -0.322 e. The Morgan fingerprint density at radius 2 is 1.78 bits per heavy atom. The lowest BCUT2D eigenvalue weighted by Gasteiger charge is -2.08. The van der Waals surface area contributed by atoms with E-state index in [0.29, 0.717) is 5.69 Å². The van der Waals surface area contributed by atoms with Crippen molar-refractivity contribution in [2.24, 2.45) is 0 Å². The van der Waals surface area contributed by atoms with Crippen molar-refractivity contribution in [2.45, 2.75) is 13.5 Å². The third-order valence-corrected chi connectivity index (χ3v) is 3.79. The van der Waals surface area contributed by atoms with E-state index in [2.05, 4.69) is 10.0 Å². The van der Waals surface area contributed by atoms with Crippen LogP contribution in [0.3, 0.4) is 0 Å². The minimum atomic E-state index is -3.26. The third-order valence-electron chi connectivity index (χ3n) is 3.12. The number of anilines is 1. The molecule has 0 heterocycles. The second kappa shape index (κ2) is 6.89. The molecule has 0 unspecified atom stereocenters. The van der Waals surface area contributed by atoms with Crippen molar-refractivity contribution in [3.8, 4) is 0 Å². The standard InChI is InChI=1S/C16H17FN2O3S/c1-11-3-8-15(17)14(9-11)16(20)19-13-6-4-12(5-7-13)10-18-23(2,21)22/h3-9,18H,10H2,1-2H3,(H,19,20). The summed E-state index contributed by atoms with van der Waals surface area (Å²) in [7, 11) is -3.26. The second-order valence-electron chi connectivity index (χ2n) is 5.23. The first-order chi connectivity index (χ1) is 10.7.